The van der Waals surface area contributed by atoms with E-state index in [2.05, 4.69) is 10.1 Å². The van der Waals surface area contributed by atoms with E-state index in [0.717, 1.165) is 29.1 Å². The molecule has 2 aromatic heterocycles. The summed E-state index contributed by atoms with van der Waals surface area (Å²) in [6.07, 6.45) is 2.24. The Kier molecular flexibility index (Phi) is 3.74. The van der Waals surface area contributed by atoms with Gasteiger partial charge in [-0.15, -0.1) is 11.3 Å². The van der Waals surface area contributed by atoms with Crippen LogP contribution in [0.2, 0.25) is 0 Å². The van der Waals surface area contributed by atoms with E-state index in [0.29, 0.717) is 30.6 Å². The second-order valence-electron chi connectivity index (χ2n) is 6.66. The Morgan fingerprint density at radius 2 is 2.04 bits per heavy atom. The van der Waals surface area contributed by atoms with E-state index in [4.69, 9.17) is 9.26 Å². The topological polar surface area (TPSA) is 68.5 Å². The van der Waals surface area contributed by atoms with E-state index >= 15 is 0 Å². The summed E-state index contributed by atoms with van der Waals surface area (Å²) < 4.78 is 11.5. The predicted molar refractivity (Wildman–Crippen MR) is 96.3 cm³/mol. The average molecular weight is 367 g/mol. The van der Waals surface area contributed by atoms with Crippen LogP contribution in [0.3, 0.4) is 0 Å². The lowest BCUT2D eigenvalue weighted by atomic mass is 10.1. The number of hydrogen-bond donors (Lipinski definition) is 0. The number of ether oxygens (including phenoxy) is 1. The third-order valence-corrected chi connectivity index (χ3v) is 5.52. The van der Waals surface area contributed by atoms with Gasteiger partial charge in [0.1, 0.15) is 11.9 Å². The van der Waals surface area contributed by atoms with Gasteiger partial charge < -0.3 is 14.2 Å². The highest BCUT2D eigenvalue weighted by molar-refractivity contribution is 7.12. The number of nitrogens with zero attached hydrogens (tertiary/aromatic N) is 3. The van der Waals surface area contributed by atoms with Gasteiger partial charge in [-0.3, -0.25) is 4.79 Å². The Hall–Kier alpha value is -2.67. The SMILES string of the molecule is O=C(c1cccs1)N1CC(Oc2ccccc2-c2nc(C3CC3)no2)C1. The van der Waals surface area contributed by atoms with Crippen LogP contribution in [0.4, 0.5) is 0 Å². The van der Waals surface area contributed by atoms with Crippen LogP contribution in [0.5, 0.6) is 5.75 Å². The smallest absolute Gasteiger partial charge is 0.264 e. The number of carbonyl (C=O) groups is 1. The van der Waals surface area contributed by atoms with E-state index in [-0.39, 0.29) is 12.0 Å². The Labute approximate surface area is 154 Å². The molecule has 3 aromatic rings. The van der Waals surface area contributed by atoms with Gasteiger partial charge in [0.2, 0.25) is 0 Å². The molecule has 1 amide bonds. The highest BCUT2D eigenvalue weighted by Gasteiger charge is 2.34. The fourth-order valence-electron chi connectivity index (χ4n) is 3.01. The molecule has 1 saturated heterocycles. The number of benzene rings is 1. The van der Waals surface area contributed by atoms with Crippen LogP contribution in [-0.4, -0.2) is 40.1 Å². The van der Waals surface area contributed by atoms with Crippen LogP contribution in [0.1, 0.15) is 34.3 Å². The molecule has 0 N–H and O–H groups in total. The summed E-state index contributed by atoms with van der Waals surface area (Å²) >= 11 is 1.46. The minimum absolute atomic E-state index is 0.0223. The number of rotatable bonds is 5. The van der Waals surface area contributed by atoms with Crippen LogP contribution >= 0.6 is 11.3 Å². The second-order valence-corrected chi connectivity index (χ2v) is 7.60. The lowest BCUT2D eigenvalue weighted by Gasteiger charge is -2.38. The zero-order valence-corrected chi connectivity index (χ0v) is 14.8. The summed E-state index contributed by atoms with van der Waals surface area (Å²) in [4.78, 5) is 19.4. The van der Waals surface area contributed by atoms with Crippen molar-refractivity contribution in [2.24, 2.45) is 0 Å². The number of amides is 1. The molecule has 0 radical (unpaired) electrons. The number of para-hydroxylation sites is 1. The average Bonchev–Trinajstić information content (AvgIpc) is 3.12. The molecular weight excluding hydrogens is 350 g/mol. The maximum absolute atomic E-state index is 12.3. The van der Waals surface area contributed by atoms with Crippen molar-refractivity contribution in [3.8, 4) is 17.2 Å². The van der Waals surface area contributed by atoms with Crippen molar-refractivity contribution in [3.05, 3.63) is 52.5 Å². The first-order valence-electron chi connectivity index (χ1n) is 8.70. The Bertz CT molecular complexity index is 927. The molecule has 1 saturated carbocycles. The molecule has 7 heteroatoms. The van der Waals surface area contributed by atoms with Crippen molar-refractivity contribution in [2.45, 2.75) is 24.9 Å². The van der Waals surface area contributed by atoms with Crippen molar-refractivity contribution in [2.75, 3.05) is 13.1 Å². The van der Waals surface area contributed by atoms with E-state index in [9.17, 15) is 4.79 Å². The van der Waals surface area contributed by atoms with Gasteiger partial charge in [-0.2, -0.15) is 4.98 Å². The molecule has 1 aromatic carbocycles. The molecule has 0 spiro atoms. The second kappa shape index (κ2) is 6.25. The molecule has 5 rings (SSSR count). The summed E-state index contributed by atoms with van der Waals surface area (Å²) in [5, 5.41) is 5.99. The Morgan fingerprint density at radius 1 is 1.19 bits per heavy atom. The zero-order chi connectivity index (χ0) is 17.5. The summed E-state index contributed by atoms with van der Waals surface area (Å²) in [5.74, 6) is 2.51. The maximum atomic E-state index is 12.3. The van der Waals surface area contributed by atoms with Gasteiger partial charge in [0.05, 0.1) is 23.5 Å². The fourth-order valence-corrected chi connectivity index (χ4v) is 3.70. The number of likely N-dealkylation sites (tertiary alicyclic amines) is 1. The van der Waals surface area contributed by atoms with Gasteiger partial charge in [0, 0.05) is 5.92 Å². The van der Waals surface area contributed by atoms with Gasteiger partial charge >= 0.3 is 0 Å². The van der Waals surface area contributed by atoms with Gasteiger partial charge in [-0.25, -0.2) is 0 Å². The molecule has 2 aliphatic rings. The molecule has 1 aliphatic carbocycles. The third kappa shape index (κ3) is 2.88. The molecule has 0 atom stereocenters. The lowest BCUT2D eigenvalue weighted by molar-refractivity contribution is 0.0183. The molecule has 132 valence electrons. The van der Waals surface area contributed by atoms with E-state index in [1.54, 1.807) is 4.90 Å². The van der Waals surface area contributed by atoms with E-state index < -0.39 is 0 Å². The summed E-state index contributed by atoms with van der Waals surface area (Å²) in [6, 6.07) is 11.4. The first-order valence-corrected chi connectivity index (χ1v) is 9.58. The highest BCUT2D eigenvalue weighted by Crippen LogP contribution is 2.40. The summed E-state index contributed by atoms with van der Waals surface area (Å²) in [6.45, 7) is 1.17. The molecule has 0 unspecified atom stereocenters. The number of aromatic nitrogens is 2. The first-order chi connectivity index (χ1) is 12.8. The molecule has 1 aliphatic heterocycles. The summed E-state index contributed by atoms with van der Waals surface area (Å²) in [5.41, 5.74) is 0.801. The van der Waals surface area contributed by atoms with Crippen molar-refractivity contribution < 1.29 is 14.1 Å². The molecule has 6 nitrogen and oxygen atoms in total. The van der Waals surface area contributed by atoms with E-state index in [1.165, 1.54) is 11.3 Å². The van der Waals surface area contributed by atoms with Crippen molar-refractivity contribution >= 4 is 17.2 Å². The number of thiophene rings is 1. The van der Waals surface area contributed by atoms with Crippen LogP contribution in [0.15, 0.2) is 46.3 Å². The first kappa shape index (κ1) is 15.6. The van der Waals surface area contributed by atoms with Gasteiger partial charge in [0.15, 0.2) is 5.82 Å². The minimum Gasteiger partial charge on any atom is -0.486 e. The van der Waals surface area contributed by atoms with Gasteiger partial charge in [-0.05, 0) is 36.4 Å². The minimum atomic E-state index is -0.0223. The van der Waals surface area contributed by atoms with Crippen LogP contribution in [0.25, 0.3) is 11.5 Å². The molecule has 3 heterocycles. The molecule has 0 bridgehead atoms. The highest BCUT2D eigenvalue weighted by atomic mass is 32.1. The molecule has 2 fully saturated rings. The fraction of sp³-hybridized carbons (Fsp3) is 0.316. The number of hydrogen-bond acceptors (Lipinski definition) is 6. The standard InChI is InChI=1S/C19H17N3O3S/c23-19(16-6-3-9-26-16)22-10-13(11-22)24-15-5-2-1-4-14(15)18-20-17(21-25-18)12-7-8-12/h1-6,9,12-13H,7-8,10-11H2. The third-order valence-electron chi connectivity index (χ3n) is 4.66. The lowest BCUT2D eigenvalue weighted by Crippen LogP contribution is -2.56. The van der Waals surface area contributed by atoms with Crippen molar-refractivity contribution in [1.29, 1.82) is 0 Å². The Morgan fingerprint density at radius 3 is 2.81 bits per heavy atom. The predicted octanol–water partition coefficient (Wildman–Crippen LogP) is 3.58. The van der Waals surface area contributed by atoms with Crippen LogP contribution in [-0.2, 0) is 0 Å². The van der Waals surface area contributed by atoms with Crippen LogP contribution in [0, 0.1) is 0 Å². The molecular formula is C19H17N3O3S. The van der Waals surface area contributed by atoms with Gasteiger partial charge in [0.25, 0.3) is 11.8 Å². The van der Waals surface area contributed by atoms with E-state index in [1.807, 2.05) is 41.8 Å². The maximum Gasteiger partial charge on any atom is 0.264 e. The quantitative estimate of drug-likeness (QED) is 0.689. The van der Waals surface area contributed by atoms with Crippen molar-refractivity contribution in [1.82, 2.24) is 15.0 Å². The summed E-state index contributed by atoms with van der Waals surface area (Å²) in [7, 11) is 0. The largest absolute Gasteiger partial charge is 0.486 e. The normalized spacial score (nSPS) is 17.2. The number of carbonyl (C=O) groups excluding carboxylic acids is 1. The zero-order valence-electron chi connectivity index (χ0n) is 14.0. The Balaban J connectivity index is 1.27. The van der Waals surface area contributed by atoms with Gasteiger partial charge in [-0.1, -0.05) is 23.4 Å². The molecule has 26 heavy (non-hydrogen) atoms. The monoisotopic (exact) mass is 367 g/mol. The van der Waals surface area contributed by atoms with Crippen LogP contribution < -0.4 is 4.74 Å². The van der Waals surface area contributed by atoms with Crippen molar-refractivity contribution in [3.63, 3.8) is 0 Å².